The number of pyridine rings is 1. The highest BCUT2D eigenvalue weighted by molar-refractivity contribution is 7.17. The molecule has 4 nitrogen and oxygen atoms in total. The molecule has 1 aliphatic rings. The number of amides is 1. The van der Waals surface area contributed by atoms with Gasteiger partial charge in [0.25, 0.3) is 0 Å². The number of likely N-dealkylation sites (N-methyl/N-ethyl adjacent to an activating group) is 1. The zero-order valence-electron chi connectivity index (χ0n) is 14.4. The van der Waals surface area contributed by atoms with Gasteiger partial charge in [0, 0.05) is 47.9 Å². The van der Waals surface area contributed by atoms with E-state index in [-0.39, 0.29) is 17.4 Å². The molecule has 3 heterocycles. The van der Waals surface area contributed by atoms with Crippen LogP contribution in [-0.2, 0) is 4.79 Å². The van der Waals surface area contributed by atoms with Gasteiger partial charge in [0.1, 0.15) is 5.82 Å². The van der Waals surface area contributed by atoms with Gasteiger partial charge in [-0.3, -0.25) is 4.79 Å². The zero-order valence-corrected chi connectivity index (χ0v) is 15.2. The molecule has 2 aromatic rings. The molecule has 0 bridgehead atoms. The average molecular weight is 331 g/mol. The van der Waals surface area contributed by atoms with Gasteiger partial charge in [-0.25, -0.2) is 4.98 Å². The molecule has 0 aromatic carbocycles. The topological polar surface area (TPSA) is 36.4 Å². The largest absolute Gasteiger partial charge is 0.354 e. The van der Waals surface area contributed by atoms with E-state index in [2.05, 4.69) is 27.4 Å². The summed E-state index contributed by atoms with van der Waals surface area (Å²) in [5, 5.41) is 3.34. The number of thiophene rings is 1. The minimum atomic E-state index is -0.331. The van der Waals surface area contributed by atoms with Crippen LogP contribution in [0.5, 0.6) is 0 Å². The Hall–Kier alpha value is -1.62. The van der Waals surface area contributed by atoms with Gasteiger partial charge in [0.05, 0.1) is 0 Å². The summed E-state index contributed by atoms with van der Waals surface area (Å²) < 4.78 is 1.27. The molecular weight excluding hydrogens is 306 g/mol. The molecule has 23 heavy (non-hydrogen) atoms. The molecule has 0 radical (unpaired) electrons. The van der Waals surface area contributed by atoms with Crippen LogP contribution in [0, 0.1) is 5.41 Å². The summed E-state index contributed by atoms with van der Waals surface area (Å²) in [7, 11) is 1.94. The summed E-state index contributed by atoms with van der Waals surface area (Å²) in [5.41, 5.74) is -0.331. The minimum absolute atomic E-state index is 0.214. The third-order valence-electron chi connectivity index (χ3n) is 4.56. The van der Waals surface area contributed by atoms with Crippen LogP contribution in [0.2, 0.25) is 0 Å². The van der Waals surface area contributed by atoms with Crippen molar-refractivity contribution in [3.63, 3.8) is 0 Å². The van der Waals surface area contributed by atoms with E-state index in [1.165, 1.54) is 10.1 Å². The quantitative estimate of drug-likeness (QED) is 0.840. The van der Waals surface area contributed by atoms with E-state index < -0.39 is 0 Å². The molecule has 0 saturated carbocycles. The molecule has 0 N–H and O–H groups in total. The molecular formula is C18H25N3OS. The minimum Gasteiger partial charge on any atom is -0.354 e. The number of carbonyl (C=O) groups is 1. The van der Waals surface area contributed by atoms with Gasteiger partial charge in [-0.15, -0.1) is 11.3 Å². The molecule has 5 heteroatoms. The van der Waals surface area contributed by atoms with Crippen molar-refractivity contribution < 1.29 is 4.79 Å². The Labute approximate surface area is 142 Å². The smallest absolute Gasteiger partial charge is 0.227 e. The van der Waals surface area contributed by atoms with Crippen molar-refractivity contribution in [3.05, 3.63) is 23.7 Å². The fraction of sp³-hybridized carbons (Fsp3) is 0.556. The Bertz CT molecular complexity index is 704. The molecule has 1 unspecified atom stereocenters. The van der Waals surface area contributed by atoms with E-state index in [9.17, 15) is 4.79 Å². The van der Waals surface area contributed by atoms with E-state index in [1.807, 2.05) is 38.9 Å². The maximum atomic E-state index is 12.6. The van der Waals surface area contributed by atoms with Crippen molar-refractivity contribution in [1.29, 1.82) is 0 Å². The standard InChI is InChI=1S/C18H25N3OS/c1-18(2,3)17(22)20(4)13-6-5-10-21(12-13)16-14-8-11-23-15(14)7-9-19-16/h7-9,11,13H,5-6,10,12H2,1-4H3. The number of hydrogen-bond donors (Lipinski definition) is 0. The molecule has 0 aliphatic carbocycles. The van der Waals surface area contributed by atoms with Crippen LogP contribution in [0.3, 0.4) is 0 Å². The van der Waals surface area contributed by atoms with Crippen molar-refractivity contribution in [2.24, 2.45) is 5.41 Å². The lowest BCUT2D eigenvalue weighted by atomic mass is 9.93. The number of rotatable bonds is 2. The van der Waals surface area contributed by atoms with Gasteiger partial charge in [0.15, 0.2) is 0 Å². The Kier molecular flexibility index (Phi) is 4.32. The lowest BCUT2D eigenvalue weighted by Crippen LogP contribution is -2.51. The molecule has 1 fully saturated rings. The van der Waals surface area contributed by atoms with E-state index in [0.29, 0.717) is 0 Å². The van der Waals surface area contributed by atoms with Crippen LogP contribution in [-0.4, -0.2) is 42.0 Å². The van der Waals surface area contributed by atoms with Gasteiger partial charge in [-0.1, -0.05) is 20.8 Å². The highest BCUT2D eigenvalue weighted by Gasteiger charge is 2.32. The monoisotopic (exact) mass is 331 g/mol. The van der Waals surface area contributed by atoms with Gasteiger partial charge in [-0.2, -0.15) is 0 Å². The Balaban J connectivity index is 1.81. The normalized spacial score (nSPS) is 19.1. The predicted octanol–water partition coefficient (Wildman–Crippen LogP) is 3.77. The van der Waals surface area contributed by atoms with Crippen molar-refractivity contribution in [3.8, 4) is 0 Å². The number of aromatic nitrogens is 1. The van der Waals surface area contributed by atoms with Gasteiger partial charge in [-0.05, 0) is 30.4 Å². The highest BCUT2D eigenvalue weighted by atomic mass is 32.1. The second-order valence-corrected chi connectivity index (χ2v) is 8.32. The Morgan fingerprint density at radius 3 is 2.91 bits per heavy atom. The van der Waals surface area contributed by atoms with E-state index in [1.54, 1.807) is 11.3 Å². The summed E-state index contributed by atoms with van der Waals surface area (Å²) in [6.07, 6.45) is 4.05. The fourth-order valence-electron chi connectivity index (χ4n) is 3.29. The van der Waals surface area contributed by atoms with Crippen LogP contribution in [0.25, 0.3) is 10.1 Å². The van der Waals surface area contributed by atoms with Gasteiger partial charge >= 0.3 is 0 Å². The Morgan fingerprint density at radius 1 is 1.39 bits per heavy atom. The summed E-state index contributed by atoms with van der Waals surface area (Å²) in [5.74, 6) is 1.27. The third kappa shape index (κ3) is 3.20. The lowest BCUT2D eigenvalue weighted by Gasteiger charge is -2.40. The second-order valence-electron chi connectivity index (χ2n) is 7.38. The number of hydrogen-bond acceptors (Lipinski definition) is 4. The summed E-state index contributed by atoms with van der Waals surface area (Å²) in [4.78, 5) is 21.5. The number of fused-ring (bicyclic) bond motifs is 1. The zero-order chi connectivity index (χ0) is 16.6. The van der Waals surface area contributed by atoms with Crippen LogP contribution in [0.1, 0.15) is 33.6 Å². The van der Waals surface area contributed by atoms with Crippen molar-refractivity contribution in [2.45, 2.75) is 39.7 Å². The number of carbonyl (C=O) groups excluding carboxylic acids is 1. The molecule has 1 aliphatic heterocycles. The SMILES string of the molecule is CN(C(=O)C(C)(C)C)C1CCCN(c2nccc3sccc23)C1. The second kappa shape index (κ2) is 6.11. The number of piperidine rings is 1. The van der Waals surface area contributed by atoms with Crippen molar-refractivity contribution in [2.75, 3.05) is 25.0 Å². The first kappa shape index (κ1) is 16.2. The first-order valence-electron chi connectivity index (χ1n) is 8.22. The molecule has 3 rings (SSSR count). The molecule has 124 valence electrons. The first-order valence-corrected chi connectivity index (χ1v) is 9.10. The fourth-order valence-corrected chi connectivity index (χ4v) is 4.07. The average Bonchev–Trinajstić information content (AvgIpc) is 3.01. The molecule has 1 amide bonds. The third-order valence-corrected chi connectivity index (χ3v) is 5.45. The van der Waals surface area contributed by atoms with Gasteiger partial charge in [0.2, 0.25) is 5.91 Å². The van der Waals surface area contributed by atoms with Crippen molar-refractivity contribution in [1.82, 2.24) is 9.88 Å². The molecule has 1 atom stereocenters. The molecule has 2 aromatic heterocycles. The van der Waals surface area contributed by atoms with E-state index >= 15 is 0 Å². The van der Waals surface area contributed by atoms with Crippen molar-refractivity contribution >= 4 is 33.1 Å². The first-order chi connectivity index (χ1) is 10.9. The maximum absolute atomic E-state index is 12.6. The maximum Gasteiger partial charge on any atom is 0.227 e. The van der Waals surface area contributed by atoms with E-state index in [4.69, 9.17) is 0 Å². The van der Waals surface area contributed by atoms with Crippen LogP contribution >= 0.6 is 11.3 Å². The van der Waals surface area contributed by atoms with Gasteiger partial charge < -0.3 is 9.80 Å². The lowest BCUT2D eigenvalue weighted by molar-refractivity contribution is -0.140. The summed E-state index contributed by atoms with van der Waals surface area (Å²) >= 11 is 1.75. The molecule has 0 spiro atoms. The predicted molar refractivity (Wildman–Crippen MR) is 97.1 cm³/mol. The van der Waals surface area contributed by atoms with E-state index in [0.717, 1.165) is 31.7 Å². The van der Waals surface area contributed by atoms with Crippen LogP contribution in [0.4, 0.5) is 5.82 Å². The summed E-state index contributed by atoms with van der Waals surface area (Å²) in [6, 6.07) is 4.47. The highest BCUT2D eigenvalue weighted by Crippen LogP contribution is 2.31. The van der Waals surface area contributed by atoms with Crippen LogP contribution < -0.4 is 4.90 Å². The number of nitrogens with zero attached hydrogens (tertiary/aromatic N) is 3. The number of anilines is 1. The molecule has 1 saturated heterocycles. The Morgan fingerprint density at radius 2 is 2.17 bits per heavy atom. The van der Waals surface area contributed by atoms with Crippen LogP contribution in [0.15, 0.2) is 23.7 Å². The summed E-state index contributed by atoms with van der Waals surface area (Å²) in [6.45, 7) is 7.83.